The van der Waals surface area contributed by atoms with Gasteiger partial charge in [0.15, 0.2) is 60.4 Å². The van der Waals surface area contributed by atoms with E-state index in [2.05, 4.69) is 0 Å². The predicted octanol–water partition coefficient (Wildman–Crippen LogP) is -5.53. The van der Waals surface area contributed by atoms with Gasteiger partial charge in [-0.15, -0.1) is 0 Å². The van der Waals surface area contributed by atoms with Crippen molar-refractivity contribution >= 4 is 36.0 Å². The van der Waals surface area contributed by atoms with Gasteiger partial charge in [0.25, 0.3) is 0 Å². The topological polar surface area (TPSA) is 510 Å². The third-order valence-electron chi connectivity index (χ3n) is 15.5. The predicted molar refractivity (Wildman–Crippen MR) is 301 cm³/mol. The Balaban J connectivity index is 1.27. The highest BCUT2D eigenvalue weighted by Crippen LogP contribution is 2.43. The SMILES string of the molecule is COc1cc(/C=C/C(=O)OC[C@@]2(O[C@H]3O[C@H](COC(C)=O)[C@@H](OC(=O)/C=C/c4ccc(O)c(OC)c4)[C@H](O[C@@H]4O[C@@H](CO)[C@@H](O[C@H]5O[C@@H](CO)[C@@H](O)[C@H](O)[C@H]5O)[C@H](O)[C@H]4O)[C@H]3O[C@H]3O[C@@H](CO)[C@@H](O)[C@H](O)[C@H]3O)O[C@@H](CO)[C@@H](O)[C@@H]2OC(=O)c2ccccc2)ccc1O. The highest BCUT2D eigenvalue weighted by Gasteiger charge is 2.64. The second-order valence-corrected chi connectivity index (χ2v) is 21.7. The van der Waals surface area contributed by atoms with Gasteiger partial charge in [-0.2, -0.15) is 0 Å². The number of aliphatic hydroxyl groups is 13. The lowest BCUT2D eigenvalue weighted by atomic mass is 9.95. The molecule has 5 saturated heterocycles. The van der Waals surface area contributed by atoms with Gasteiger partial charge in [0.2, 0.25) is 5.79 Å². The van der Waals surface area contributed by atoms with Crippen molar-refractivity contribution in [3.05, 3.63) is 95.6 Å². The zero-order valence-corrected chi connectivity index (χ0v) is 49.6. The quantitative estimate of drug-likeness (QED) is 0.0214. The maximum Gasteiger partial charge on any atom is 0.338 e. The molecule has 5 aliphatic heterocycles. The second kappa shape index (κ2) is 32.2. The lowest BCUT2D eigenvalue weighted by molar-refractivity contribution is -0.423. The summed E-state index contributed by atoms with van der Waals surface area (Å²) in [6, 6.07) is 14.9. The molecule has 5 heterocycles. The molecule has 3 aromatic carbocycles. The number of phenols is 2. The molecule has 0 bridgehead atoms. The summed E-state index contributed by atoms with van der Waals surface area (Å²) in [5.41, 5.74) is 0.342. The highest BCUT2D eigenvalue weighted by molar-refractivity contribution is 5.90. The van der Waals surface area contributed by atoms with E-state index in [0.717, 1.165) is 19.1 Å². The molecule has 0 unspecified atom stereocenters. The lowest BCUT2D eigenvalue weighted by Crippen LogP contribution is -2.69. The summed E-state index contributed by atoms with van der Waals surface area (Å²) in [6.07, 6.45) is -45.1. The van der Waals surface area contributed by atoms with Crippen molar-refractivity contribution in [3.8, 4) is 23.0 Å². The molecule has 24 atom stereocenters. The number of carbonyl (C=O) groups is 4. The zero-order chi connectivity index (χ0) is 67.6. The molecule has 34 heteroatoms. The molecule has 34 nitrogen and oxygen atoms in total. The maximum atomic E-state index is 14.3. The Morgan fingerprint density at radius 1 is 0.495 bits per heavy atom. The van der Waals surface area contributed by atoms with Gasteiger partial charge in [-0.25, -0.2) is 14.4 Å². The van der Waals surface area contributed by atoms with Crippen LogP contribution < -0.4 is 9.47 Å². The van der Waals surface area contributed by atoms with E-state index in [1.807, 2.05) is 0 Å². The van der Waals surface area contributed by atoms with Gasteiger partial charge in [0, 0.05) is 19.1 Å². The Kier molecular flexibility index (Phi) is 25.0. The normalized spacial score (nSPS) is 36.3. The summed E-state index contributed by atoms with van der Waals surface area (Å²) in [5, 5.41) is 164. The number of benzene rings is 3. The van der Waals surface area contributed by atoms with Crippen molar-refractivity contribution in [2.24, 2.45) is 0 Å². The van der Waals surface area contributed by atoms with Gasteiger partial charge in [0.1, 0.15) is 117 Å². The van der Waals surface area contributed by atoms with Crippen LogP contribution in [-0.4, -0.2) is 301 Å². The molecule has 514 valence electrons. The van der Waals surface area contributed by atoms with E-state index in [0.29, 0.717) is 0 Å². The molecule has 0 aliphatic carbocycles. The number of hydrogen-bond donors (Lipinski definition) is 15. The third kappa shape index (κ3) is 16.7. The number of aromatic hydroxyl groups is 2. The molecule has 0 saturated carbocycles. The van der Waals surface area contributed by atoms with Gasteiger partial charge < -0.3 is 148 Å². The maximum absolute atomic E-state index is 14.3. The van der Waals surface area contributed by atoms with Crippen LogP contribution in [0.2, 0.25) is 0 Å². The van der Waals surface area contributed by atoms with E-state index in [1.54, 1.807) is 6.07 Å². The van der Waals surface area contributed by atoms with E-state index < -0.39 is 210 Å². The van der Waals surface area contributed by atoms with Gasteiger partial charge in [-0.1, -0.05) is 30.3 Å². The first kappa shape index (κ1) is 72.2. The van der Waals surface area contributed by atoms with Crippen molar-refractivity contribution in [1.82, 2.24) is 0 Å². The summed E-state index contributed by atoms with van der Waals surface area (Å²) in [6.45, 7) is -5.62. The number of rotatable bonds is 25. The summed E-state index contributed by atoms with van der Waals surface area (Å²) in [5.74, 6) is -8.33. The molecular formula is C59H74O34. The molecule has 0 aromatic heterocycles. The molecule has 93 heavy (non-hydrogen) atoms. The number of hydrogen-bond acceptors (Lipinski definition) is 34. The first-order valence-electron chi connectivity index (χ1n) is 28.8. The van der Waals surface area contributed by atoms with Gasteiger partial charge in [-0.3, -0.25) is 4.79 Å². The van der Waals surface area contributed by atoms with Crippen LogP contribution in [0.4, 0.5) is 0 Å². The molecule has 15 N–H and O–H groups in total. The van der Waals surface area contributed by atoms with Crippen LogP contribution in [-0.2, 0) is 76.0 Å². The molecule has 0 spiro atoms. The van der Waals surface area contributed by atoms with E-state index in [-0.39, 0.29) is 39.7 Å². The second-order valence-electron chi connectivity index (χ2n) is 21.7. The van der Waals surface area contributed by atoms with Crippen LogP contribution in [0.25, 0.3) is 12.2 Å². The Morgan fingerprint density at radius 2 is 0.978 bits per heavy atom. The van der Waals surface area contributed by atoms with Crippen molar-refractivity contribution in [1.29, 1.82) is 0 Å². The van der Waals surface area contributed by atoms with Crippen molar-refractivity contribution < 1.29 is 167 Å². The molecule has 3 aromatic rings. The molecule has 0 radical (unpaired) electrons. The van der Waals surface area contributed by atoms with Crippen molar-refractivity contribution in [2.45, 2.75) is 154 Å². The van der Waals surface area contributed by atoms with Crippen LogP contribution in [0.5, 0.6) is 23.0 Å². The average molecular weight is 1330 g/mol. The molecule has 0 amide bonds. The van der Waals surface area contributed by atoms with E-state index >= 15 is 0 Å². The van der Waals surface area contributed by atoms with Gasteiger partial charge >= 0.3 is 23.9 Å². The summed E-state index contributed by atoms with van der Waals surface area (Å²) in [4.78, 5) is 55.1. The standard InChI is InChI=1S/C59H74O34/c1-25(64)81-23-37-50(87-39(68)16-12-27-10-14-30(66)32(18-27)80-3)51(89-57-48(77)45(74)49(36(22-63)85-57)88-55-46(75)43(72)40(69)33(19-60)83-55)52(90-56-47(76)44(73)41(70)34(20-61)84-56)58(86-37)93-59(24-82-38(67)15-11-26-9-13-29(65)31(17-26)79-2)53(42(71)35(21-62)92-59)91-54(78)28-7-5-4-6-8-28/h4-18,33-37,40-53,55-58,60-63,65-66,69-77H,19-24H2,1-3H3/b15-11+,16-12+/t33-,34-,35-,36-,37+,40+,41+,42+,43-,44-,45+,46+,47+,48+,49+,50+,51-,52+,53-,55+,56+,57-,58+,59-/m0/s1. The fourth-order valence-corrected chi connectivity index (χ4v) is 10.6. The minimum Gasteiger partial charge on any atom is -0.504 e. The number of aliphatic hydroxyl groups excluding tert-OH is 13. The number of methoxy groups -OCH3 is 2. The number of esters is 4. The summed E-state index contributed by atoms with van der Waals surface area (Å²) in [7, 11) is 2.52. The van der Waals surface area contributed by atoms with Crippen LogP contribution in [0.15, 0.2) is 78.9 Å². The van der Waals surface area contributed by atoms with Crippen molar-refractivity contribution in [2.75, 3.05) is 53.9 Å². The van der Waals surface area contributed by atoms with E-state index in [9.17, 15) is 95.8 Å². The smallest absolute Gasteiger partial charge is 0.338 e. The fourth-order valence-electron chi connectivity index (χ4n) is 10.6. The first-order chi connectivity index (χ1) is 44.4. The van der Waals surface area contributed by atoms with Crippen LogP contribution in [0, 0.1) is 0 Å². The van der Waals surface area contributed by atoms with E-state index in [4.69, 9.17) is 71.1 Å². The Morgan fingerprint density at radius 3 is 1.49 bits per heavy atom. The summed E-state index contributed by atoms with van der Waals surface area (Å²) < 4.78 is 88.4. The minimum atomic E-state index is -3.01. The summed E-state index contributed by atoms with van der Waals surface area (Å²) >= 11 is 0. The van der Waals surface area contributed by atoms with Crippen LogP contribution >= 0.6 is 0 Å². The number of carbonyl (C=O) groups excluding carboxylic acids is 4. The van der Waals surface area contributed by atoms with Crippen LogP contribution in [0.3, 0.4) is 0 Å². The third-order valence-corrected chi connectivity index (χ3v) is 15.5. The first-order valence-corrected chi connectivity index (χ1v) is 28.8. The van der Waals surface area contributed by atoms with Gasteiger partial charge in [-0.05, 0) is 59.7 Å². The molecule has 5 fully saturated rings. The van der Waals surface area contributed by atoms with Crippen LogP contribution in [0.1, 0.15) is 28.4 Å². The Bertz CT molecular complexity index is 3020. The largest absolute Gasteiger partial charge is 0.504 e. The number of ether oxygens (including phenoxy) is 15. The minimum absolute atomic E-state index is 0.00850. The van der Waals surface area contributed by atoms with E-state index in [1.165, 1.54) is 87.0 Å². The lowest BCUT2D eigenvalue weighted by Gasteiger charge is -2.51. The zero-order valence-electron chi connectivity index (χ0n) is 49.6. The molecule has 8 rings (SSSR count). The molecule has 5 aliphatic rings. The van der Waals surface area contributed by atoms with Gasteiger partial charge in [0.05, 0.1) is 46.2 Å². The fraction of sp³-hybridized carbons (Fsp3) is 0.559. The monoisotopic (exact) mass is 1330 g/mol. The molecular weight excluding hydrogens is 1250 g/mol. The number of phenolic OH excluding ortho intramolecular Hbond substituents is 2. The Hall–Kier alpha value is -6.66. The highest BCUT2D eigenvalue weighted by atomic mass is 16.8. The average Bonchev–Trinajstić information content (AvgIpc) is 1.72. The van der Waals surface area contributed by atoms with Crippen molar-refractivity contribution in [3.63, 3.8) is 0 Å². The Labute approximate surface area is 527 Å².